The number of carboxylic acids is 1. The molecule has 0 saturated carbocycles. The number of rotatable bonds is 6. The van der Waals surface area contributed by atoms with Crippen molar-refractivity contribution in [3.8, 4) is 0 Å². The molecule has 1 rings (SSSR count). The Hall–Kier alpha value is -0.440. The molecule has 8 heteroatoms. The van der Waals surface area contributed by atoms with Gasteiger partial charge in [-0.05, 0) is 40.9 Å². The van der Waals surface area contributed by atoms with E-state index in [0.29, 0.717) is 0 Å². The first-order valence-corrected chi connectivity index (χ1v) is 8.31. The SMILES string of the molecule is Cc1cc(S(=O)(=O)NCCC(C)C(=O)O)sc1Br. The number of aliphatic carboxylic acids is 1. The van der Waals surface area contributed by atoms with Crippen molar-refractivity contribution >= 4 is 43.3 Å². The van der Waals surface area contributed by atoms with E-state index in [4.69, 9.17) is 5.11 Å². The molecular weight excluding hydrogens is 342 g/mol. The van der Waals surface area contributed by atoms with Crippen LogP contribution in [0.1, 0.15) is 18.9 Å². The van der Waals surface area contributed by atoms with Gasteiger partial charge < -0.3 is 5.11 Å². The summed E-state index contributed by atoms with van der Waals surface area (Å²) in [6.07, 6.45) is 0.264. The molecule has 0 aliphatic carbocycles. The Kier molecular flexibility index (Phi) is 5.32. The molecular formula is C10H14BrNO4S2. The second-order valence-electron chi connectivity index (χ2n) is 3.95. The normalized spacial score (nSPS) is 13.5. The number of halogens is 1. The smallest absolute Gasteiger partial charge is 0.306 e. The van der Waals surface area contributed by atoms with Crippen LogP contribution < -0.4 is 4.72 Å². The highest BCUT2D eigenvalue weighted by atomic mass is 79.9. The summed E-state index contributed by atoms with van der Waals surface area (Å²) < 4.78 is 27.2. The number of carboxylic acid groups (broad SMARTS) is 1. The molecule has 0 amide bonds. The Morgan fingerprint density at radius 2 is 2.22 bits per heavy atom. The maximum absolute atomic E-state index is 11.9. The highest BCUT2D eigenvalue weighted by Gasteiger charge is 2.19. The summed E-state index contributed by atoms with van der Waals surface area (Å²) in [6.45, 7) is 3.47. The van der Waals surface area contributed by atoms with E-state index in [0.717, 1.165) is 20.7 Å². The largest absolute Gasteiger partial charge is 0.481 e. The zero-order valence-electron chi connectivity index (χ0n) is 9.94. The fourth-order valence-electron chi connectivity index (χ4n) is 1.17. The van der Waals surface area contributed by atoms with E-state index in [-0.39, 0.29) is 17.2 Å². The molecule has 0 aliphatic rings. The predicted octanol–water partition coefficient (Wildman–Crippen LogP) is 2.21. The Morgan fingerprint density at radius 1 is 1.61 bits per heavy atom. The van der Waals surface area contributed by atoms with Crippen LogP contribution in [0, 0.1) is 12.8 Å². The minimum absolute atomic E-state index is 0.115. The molecule has 0 saturated heterocycles. The lowest BCUT2D eigenvalue weighted by Gasteiger charge is -2.07. The predicted molar refractivity (Wildman–Crippen MR) is 73.4 cm³/mol. The third kappa shape index (κ3) is 4.04. The first kappa shape index (κ1) is 15.6. The van der Waals surface area contributed by atoms with Gasteiger partial charge in [-0.15, -0.1) is 11.3 Å². The lowest BCUT2D eigenvalue weighted by molar-refractivity contribution is -0.141. The van der Waals surface area contributed by atoms with E-state index in [1.165, 1.54) is 0 Å². The lowest BCUT2D eigenvalue weighted by Crippen LogP contribution is -2.26. The first-order chi connectivity index (χ1) is 8.24. The van der Waals surface area contributed by atoms with Crippen LogP contribution in [-0.4, -0.2) is 26.0 Å². The van der Waals surface area contributed by atoms with E-state index in [1.807, 2.05) is 6.92 Å². The summed E-state index contributed by atoms with van der Waals surface area (Å²) in [5.74, 6) is -1.49. The highest BCUT2D eigenvalue weighted by Crippen LogP contribution is 2.30. The van der Waals surface area contributed by atoms with Gasteiger partial charge in [0.1, 0.15) is 4.21 Å². The molecule has 1 aromatic rings. The van der Waals surface area contributed by atoms with E-state index in [9.17, 15) is 13.2 Å². The number of thiophene rings is 1. The van der Waals surface area contributed by atoms with Crippen LogP contribution in [0.2, 0.25) is 0 Å². The van der Waals surface area contributed by atoms with Gasteiger partial charge in [0.05, 0.1) is 9.70 Å². The molecule has 2 N–H and O–H groups in total. The van der Waals surface area contributed by atoms with Crippen LogP contribution in [0.15, 0.2) is 14.1 Å². The van der Waals surface area contributed by atoms with Crippen molar-refractivity contribution in [2.75, 3.05) is 6.54 Å². The van der Waals surface area contributed by atoms with Gasteiger partial charge >= 0.3 is 5.97 Å². The van der Waals surface area contributed by atoms with Crippen molar-refractivity contribution < 1.29 is 18.3 Å². The lowest BCUT2D eigenvalue weighted by atomic mass is 10.1. The maximum Gasteiger partial charge on any atom is 0.306 e. The Labute approximate surface area is 118 Å². The van der Waals surface area contributed by atoms with Crippen LogP contribution in [0.25, 0.3) is 0 Å². The quantitative estimate of drug-likeness (QED) is 0.819. The van der Waals surface area contributed by atoms with Crippen molar-refractivity contribution in [3.63, 3.8) is 0 Å². The third-order valence-corrected chi connectivity index (χ3v) is 6.46. The molecule has 1 heterocycles. The fourth-order valence-corrected chi connectivity index (χ4v) is 4.49. The van der Waals surface area contributed by atoms with Crippen molar-refractivity contribution in [3.05, 3.63) is 15.4 Å². The molecule has 0 fully saturated rings. The topological polar surface area (TPSA) is 83.5 Å². The number of hydrogen-bond donors (Lipinski definition) is 2. The second-order valence-corrected chi connectivity index (χ2v) is 8.31. The van der Waals surface area contributed by atoms with Gasteiger partial charge in [0.15, 0.2) is 0 Å². The zero-order chi connectivity index (χ0) is 13.9. The molecule has 1 aromatic heterocycles. The first-order valence-electron chi connectivity index (χ1n) is 5.22. The Bertz CT molecular complexity index is 519. The number of nitrogens with one attached hydrogen (secondary N) is 1. The van der Waals surface area contributed by atoms with Crippen molar-refractivity contribution in [2.45, 2.75) is 24.5 Å². The number of aryl methyl sites for hydroxylation is 1. The van der Waals surface area contributed by atoms with Crippen molar-refractivity contribution in [1.82, 2.24) is 4.72 Å². The molecule has 0 spiro atoms. The van der Waals surface area contributed by atoms with E-state index < -0.39 is 21.9 Å². The summed E-state index contributed by atoms with van der Waals surface area (Å²) in [7, 11) is -3.54. The second kappa shape index (κ2) is 6.14. The van der Waals surface area contributed by atoms with Gasteiger partial charge in [-0.25, -0.2) is 13.1 Å². The standard InChI is InChI=1S/C10H14BrNO4S2/c1-6(10(13)14)3-4-12-18(15,16)8-5-7(2)9(11)17-8/h5-6,12H,3-4H2,1-2H3,(H,13,14). The molecule has 18 heavy (non-hydrogen) atoms. The number of sulfonamides is 1. The Morgan fingerprint density at radius 3 is 2.67 bits per heavy atom. The molecule has 1 unspecified atom stereocenters. The van der Waals surface area contributed by atoms with E-state index in [1.54, 1.807) is 13.0 Å². The summed E-state index contributed by atoms with van der Waals surface area (Å²) >= 11 is 4.40. The minimum Gasteiger partial charge on any atom is -0.481 e. The van der Waals surface area contributed by atoms with Gasteiger partial charge in [-0.2, -0.15) is 0 Å². The Balaban J connectivity index is 2.63. The molecule has 5 nitrogen and oxygen atoms in total. The van der Waals surface area contributed by atoms with Crippen molar-refractivity contribution in [1.29, 1.82) is 0 Å². The number of hydrogen-bond acceptors (Lipinski definition) is 4. The summed E-state index contributed by atoms with van der Waals surface area (Å²) in [5, 5.41) is 8.69. The molecule has 1 atom stereocenters. The van der Waals surface area contributed by atoms with E-state index >= 15 is 0 Å². The van der Waals surface area contributed by atoms with Crippen LogP contribution >= 0.6 is 27.3 Å². The summed E-state index contributed by atoms with van der Waals surface area (Å²) in [4.78, 5) is 10.6. The van der Waals surface area contributed by atoms with Gasteiger partial charge in [0, 0.05) is 6.54 Å². The average Bonchev–Trinajstić information content (AvgIpc) is 2.59. The summed E-state index contributed by atoms with van der Waals surface area (Å²) in [6, 6.07) is 1.58. The van der Waals surface area contributed by atoms with Crippen LogP contribution in [-0.2, 0) is 14.8 Å². The van der Waals surface area contributed by atoms with Gasteiger partial charge in [-0.3, -0.25) is 4.79 Å². The van der Waals surface area contributed by atoms with Crippen LogP contribution in [0.3, 0.4) is 0 Å². The molecule has 0 radical (unpaired) electrons. The fraction of sp³-hybridized carbons (Fsp3) is 0.500. The van der Waals surface area contributed by atoms with Crippen LogP contribution in [0.4, 0.5) is 0 Å². The summed E-state index contributed by atoms with van der Waals surface area (Å²) in [5.41, 5.74) is 0.860. The average molecular weight is 356 g/mol. The van der Waals surface area contributed by atoms with Crippen LogP contribution in [0.5, 0.6) is 0 Å². The number of carbonyl (C=O) groups is 1. The third-order valence-electron chi connectivity index (χ3n) is 2.39. The maximum atomic E-state index is 11.9. The van der Waals surface area contributed by atoms with Gasteiger partial charge in [0.2, 0.25) is 10.0 Å². The minimum atomic E-state index is -3.54. The van der Waals surface area contributed by atoms with Crippen molar-refractivity contribution in [2.24, 2.45) is 5.92 Å². The molecule has 0 bridgehead atoms. The highest BCUT2D eigenvalue weighted by molar-refractivity contribution is 9.11. The van der Waals surface area contributed by atoms with E-state index in [2.05, 4.69) is 20.7 Å². The molecule has 0 aliphatic heterocycles. The monoisotopic (exact) mass is 355 g/mol. The zero-order valence-corrected chi connectivity index (χ0v) is 13.2. The molecule has 102 valence electrons. The molecule has 0 aromatic carbocycles. The van der Waals surface area contributed by atoms with Gasteiger partial charge in [0.25, 0.3) is 0 Å². The van der Waals surface area contributed by atoms with Gasteiger partial charge in [-0.1, -0.05) is 6.92 Å².